The first-order chi connectivity index (χ1) is 32.0. The molecule has 0 spiro atoms. The van der Waals surface area contributed by atoms with Crippen molar-refractivity contribution in [1.82, 2.24) is 14.7 Å². The molecule has 0 bridgehead atoms. The van der Waals surface area contributed by atoms with Crippen LogP contribution in [0.3, 0.4) is 0 Å². The third-order valence-corrected chi connectivity index (χ3v) is 13.4. The van der Waals surface area contributed by atoms with Crippen LogP contribution in [0.25, 0.3) is 0 Å². The number of rotatable bonds is 11. The molecule has 6 rings (SSSR count). The first-order valence-electron chi connectivity index (χ1n) is 26.1. The third kappa shape index (κ3) is 36.5. The van der Waals surface area contributed by atoms with Gasteiger partial charge in [0.05, 0.1) is 12.7 Å². The number of likely N-dealkylation sites (N-methyl/N-ethyl adjacent to an activating group) is 2. The molecular weight excluding hydrogens is 915 g/mol. The van der Waals surface area contributed by atoms with E-state index in [9.17, 15) is 19.2 Å². The Hall–Kier alpha value is -3.41. The number of carbonyl (C=O) groups is 4. The Kier molecular flexibility index (Phi) is 42.0. The van der Waals surface area contributed by atoms with E-state index in [1.807, 2.05) is 74.5 Å². The van der Waals surface area contributed by atoms with Gasteiger partial charge in [-0.15, -0.1) is 6.58 Å². The van der Waals surface area contributed by atoms with E-state index in [-0.39, 0.29) is 56.0 Å². The number of hydrogen-bond acceptors (Lipinski definition) is 9. The van der Waals surface area contributed by atoms with E-state index in [0.717, 1.165) is 64.3 Å². The second-order valence-electron chi connectivity index (χ2n) is 22.2. The van der Waals surface area contributed by atoms with Crippen LogP contribution in [0.5, 0.6) is 0 Å². The number of imide groups is 1. The van der Waals surface area contributed by atoms with E-state index in [2.05, 4.69) is 157 Å². The summed E-state index contributed by atoms with van der Waals surface area (Å²) in [5.74, 6) is 6.38. The van der Waals surface area contributed by atoms with Gasteiger partial charge in [-0.05, 0) is 116 Å². The third-order valence-electron chi connectivity index (χ3n) is 12.1. The van der Waals surface area contributed by atoms with E-state index in [1.54, 1.807) is 11.9 Å². The van der Waals surface area contributed by atoms with Gasteiger partial charge < -0.3 is 14.5 Å². The van der Waals surface area contributed by atoms with Gasteiger partial charge in [-0.1, -0.05) is 156 Å². The number of allylic oxidation sites excluding steroid dienone is 6. The van der Waals surface area contributed by atoms with E-state index in [4.69, 9.17) is 4.74 Å². The van der Waals surface area contributed by atoms with Crippen LogP contribution in [0.15, 0.2) is 81.8 Å². The minimum Gasteiger partial charge on any atom is -0.373 e. The van der Waals surface area contributed by atoms with Crippen LogP contribution in [-0.4, -0.2) is 100 Å². The maximum Gasteiger partial charge on any atom is 0.254 e. The number of ketones is 1. The fraction of sp³-hybridized carbons (Fsp3) is 0.738. The molecule has 3 saturated heterocycles. The van der Waals surface area contributed by atoms with Crippen LogP contribution in [0.2, 0.25) is 0 Å². The number of Topliss-reactive ketones (excluding diaryl/α,β-unsaturated/α-hetero) is 1. The maximum atomic E-state index is 11.4. The molecule has 0 radical (unpaired) electrons. The number of ether oxygens (including phenoxy) is 1. The molecule has 0 aromatic carbocycles. The van der Waals surface area contributed by atoms with E-state index < -0.39 is 0 Å². The van der Waals surface area contributed by atoms with Crippen LogP contribution in [0, 0.1) is 47.3 Å². The van der Waals surface area contributed by atoms with Crippen molar-refractivity contribution < 1.29 is 23.9 Å². The highest BCUT2D eigenvalue weighted by atomic mass is 32.2. The summed E-state index contributed by atoms with van der Waals surface area (Å²) in [5.41, 5.74) is 5.27. The highest BCUT2D eigenvalue weighted by Crippen LogP contribution is 2.36. The molecule has 0 aromatic heterocycles. The van der Waals surface area contributed by atoms with E-state index in [0.29, 0.717) is 17.9 Å². The summed E-state index contributed by atoms with van der Waals surface area (Å²) in [6, 6.07) is 0.870. The Morgan fingerprint density at radius 3 is 1.31 bits per heavy atom. The summed E-state index contributed by atoms with van der Waals surface area (Å²) >= 11 is 2.08. The van der Waals surface area contributed by atoms with Gasteiger partial charge in [-0.3, -0.25) is 24.1 Å². The molecular formula is C61H115N5O5S. The van der Waals surface area contributed by atoms with Crippen molar-refractivity contribution in [2.75, 3.05) is 33.0 Å². The van der Waals surface area contributed by atoms with Crippen molar-refractivity contribution in [3.8, 4) is 0 Å². The van der Waals surface area contributed by atoms with Gasteiger partial charge in [0.25, 0.3) is 17.7 Å². The number of nitrogens with zero attached hydrogens (tertiary/aromatic N) is 5. The lowest BCUT2D eigenvalue weighted by molar-refractivity contribution is -0.138. The molecule has 0 N–H and O–H groups in total. The van der Waals surface area contributed by atoms with Crippen LogP contribution in [-0.2, 0) is 23.9 Å². The Morgan fingerprint density at radius 1 is 0.792 bits per heavy atom. The largest absolute Gasteiger partial charge is 0.373 e. The normalized spacial score (nSPS) is 20.3. The van der Waals surface area contributed by atoms with Crippen LogP contribution in [0.1, 0.15) is 187 Å². The number of amides is 3. The highest BCUT2D eigenvalue weighted by Gasteiger charge is 2.37. The van der Waals surface area contributed by atoms with E-state index >= 15 is 0 Å². The first-order valence-corrected chi connectivity index (χ1v) is 27.1. The van der Waals surface area contributed by atoms with Crippen molar-refractivity contribution in [2.45, 2.75) is 217 Å². The second kappa shape index (κ2) is 39.1. The predicted molar refractivity (Wildman–Crippen MR) is 317 cm³/mol. The Labute approximate surface area is 450 Å². The first kappa shape index (κ1) is 77.5. The Morgan fingerprint density at radius 2 is 1.24 bits per heavy atom. The molecule has 4 atom stereocenters. The fourth-order valence-corrected chi connectivity index (χ4v) is 6.66. The van der Waals surface area contributed by atoms with Crippen molar-refractivity contribution in [2.24, 2.45) is 57.6 Å². The lowest BCUT2D eigenvalue weighted by Gasteiger charge is -2.17. The van der Waals surface area contributed by atoms with Gasteiger partial charge in [-0.2, -0.15) is 22.0 Å². The van der Waals surface area contributed by atoms with Gasteiger partial charge in [0.2, 0.25) is 0 Å². The molecule has 0 aliphatic carbocycles. The summed E-state index contributed by atoms with van der Waals surface area (Å²) in [5, 5.41) is 8.74. The SMILES string of the molecule is C.C.C=C(C)CC(C)C.C=C1C=C(C(C)C)C(=O)N1C.CC(C)C1(C)N=N1.CC(C)C1CN1C.CC(C)C1CO1.CC(C)C1CS1.CC(C)N1C(=O)C=CC1=O.CC=C(C)C(=O)C(C)C.CC=C(C)C(C)C. The van der Waals surface area contributed by atoms with Gasteiger partial charge >= 0.3 is 0 Å². The standard InChI is InChI=1S/C9H13NO.C8H14O.C7H9NO2.2C7H14.C6H13N.C5H10N2.C5H10O.C5H10S.2CH4/c1-6(2)8-5-7(3)10(4)9(8)11;1-5-7(4)8(9)6(2)3;1-5(2)8-6(9)3-4-7(8)10;1-6(2)5-7(3)4;1-5-7(4)6(2)3;1-5(2)6-4-7(6)3;1-4(2)5(3)6-7-5;2*1-4(2)5-3-6-5;;/h5-6H,3H2,1-2,4H3;5-6H,1-4H3;3-5H,1-2H3;7H,1,5H2,2-4H3;5-6H,1-4H3;5-6H,4H2,1-3H3;4H,1-3H3;2*4-5H,3H2,1-2H3;2*1H4. The minimum absolute atomic E-state index is 0. The quantitative estimate of drug-likeness (QED) is 0.0876. The molecule has 0 saturated carbocycles. The van der Waals surface area contributed by atoms with Crippen LogP contribution >= 0.6 is 11.8 Å². The fourth-order valence-electron chi connectivity index (χ4n) is 5.78. The zero-order valence-corrected chi connectivity index (χ0v) is 50.6. The molecule has 10 nitrogen and oxygen atoms in total. The molecule has 0 aromatic rings. The maximum absolute atomic E-state index is 11.4. The van der Waals surface area contributed by atoms with Gasteiger partial charge in [0, 0.05) is 71.9 Å². The van der Waals surface area contributed by atoms with Crippen LogP contribution in [0.4, 0.5) is 0 Å². The number of epoxide rings is 1. The Bertz CT molecular complexity index is 1720. The molecule has 6 heterocycles. The Balaban J connectivity index is -0.000000235. The smallest absolute Gasteiger partial charge is 0.254 e. The van der Waals surface area contributed by atoms with Gasteiger partial charge in [0.15, 0.2) is 11.4 Å². The number of carbonyl (C=O) groups excluding carboxylic acids is 4. The molecule has 3 fully saturated rings. The van der Waals surface area contributed by atoms with Crippen molar-refractivity contribution in [1.29, 1.82) is 0 Å². The van der Waals surface area contributed by atoms with Crippen molar-refractivity contribution in [3.63, 3.8) is 0 Å². The average Bonchev–Trinajstić information content (AvgIpc) is 4.05. The summed E-state index contributed by atoms with van der Waals surface area (Å²) in [4.78, 5) is 49.2. The minimum atomic E-state index is -0.208. The summed E-state index contributed by atoms with van der Waals surface area (Å²) in [6.45, 7) is 59.9. The average molecular weight is 1030 g/mol. The zero-order valence-electron chi connectivity index (χ0n) is 49.7. The topological polar surface area (TPSA) is 115 Å². The molecule has 11 heteroatoms. The number of thioether (sulfide) groups is 1. The van der Waals surface area contributed by atoms with Crippen molar-refractivity contribution >= 4 is 35.3 Å². The molecule has 72 heavy (non-hydrogen) atoms. The molecule has 420 valence electrons. The predicted octanol–water partition coefficient (Wildman–Crippen LogP) is 16.1. The van der Waals surface area contributed by atoms with Gasteiger partial charge in [0.1, 0.15) is 0 Å². The second-order valence-corrected chi connectivity index (χ2v) is 23.5. The molecule has 4 unspecified atom stereocenters. The number of hydrogen-bond donors (Lipinski definition) is 0. The summed E-state index contributed by atoms with van der Waals surface area (Å²) in [7, 11) is 3.92. The highest BCUT2D eigenvalue weighted by molar-refractivity contribution is 8.06. The van der Waals surface area contributed by atoms with Crippen molar-refractivity contribution in [3.05, 3.63) is 71.5 Å². The summed E-state index contributed by atoms with van der Waals surface area (Å²) in [6.07, 6.45) is 10.2. The zero-order chi connectivity index (χ0) is 55.5. The van der Waals surface area contributed by atoms with Gasteiger partial charge in [-0.25, -0.2) is 0 Å². The molecule has 3 amide bonds. The lowest BCUT2D eigenvalue weighted by Crippen LogP contribution is -2.36. The molecule has 6 aliphatic rings. The van der Waals surface area contributed by atoms with E-state index in [1.165, 1.54) is 46.9 Å². The lowest BCUT2D eigenvalue weighted by atomic mass is 10.0. The molecule has 6 aliphatic heterocycles. The monoisotopic (exact) mass is 1030 g/mol. The summed E-state index contributed by atoms with van der Waals surface area (Å²) < 4.78 is 4.97. The van der Waals surface area contributed by atoms with Crippen LogP contribution < -0.4 is 0 Å².